The van der Waals surface area contributed by atoms with Crippen LogP contribution in [0.1, 0.15) is 42.9 Å². The van der Waals surface area contributed by atoms with Crippen LogP contribution in [0, 0.1) is 6.92 Å². The first-order chi connectivity index (χ1) is 9.65. The van der Waals surface area contributed by atoms with E-state index in [-0.39, 0.29) is 5.97 Å². The molecule has 0 bridgehead atoms. The fourth-order valence-corrected chi connectivity index (χ4v) is 2.83. The van der Waals surface area contributed by atoms with Crippen LogP contribution in [-0.2, 0) is 9.53 Å². The van der Waals surface area contributed by atoms with Crippen molar-refractivity contribution in [2.24, 2.45) is 0 Å². The molecule has 0 amide bonds. The number of ether oxygens (including phenoxy) is 2. The first kappa shape index (κ1) is 14.9. The molecule has 20 heavy (non-hydrogen) atoms. The van der Waals surface area contributed by atoms with Gasteiger partial charge in [0.2, 0.25) is 0 Å². The molecule has 1 N–H and O–H groups in total. The normalized spacial score (nSPS) is 16.9. The molecule has 1 unspecified atom stereocenters. The first-order valence-corrected chi connectivity index (χ1v) is 7.14. The molecular formula is C16H23NO3. The summed E-state index contributed by atoms with van der Waals surface area (Å²) < 4.78 is 10.2. The van der Waals surface area contributed by atoms with Crippen molar-refractivity contribution in [3.8, 4) is 5.75 Å². The standard InChI is InChI=1S/C16H23NO3/c1-11-10-12(8-9-14(11)19-2)15(16(18)20-3)17-13-6-4-5-7-13/h8-10,13,15,17H,4-7H2,1-3H3. The molecule has 0 spiro atoms. The minimum atomic E-state index is -0.396. The minimum absolute atomic E-state index is 0.235. The molecule has 4 nitrogen and oxygen atoms in total. The van der Waals surface area contributed by atoms with Gasteiger partial charge in [0.05, 0.1) is 14.2 Å². The Labute approximate surface area is 120 Å². The second-order valence-corrected chi connectivity index (χ2v) is 5.33. The molecule has 0 heterocycles. The second-order valence-electron chi connectivity index (χ2n) is 5.33. The third-order valence-electron chi connectivity index (χ3n) is 3.95. The topological polar surface area (TPSA) is 47.6 Å². The highest BCUT2D eigenvalue weighted by Gasteiger charge is 2.26. The molecule has 1 aliphatic rings. The van der Waals surface area contributed by atoms with Crippen LogP contribution in [0.2, 0.25) is 0 Å². The van der Waals surface area contributed by atoms with E-state index in [4.69, 9.17) is 9.47 Å². The lowest BCUT2D eigenvalue weighted by molar-refractivity contribution is -0.143. The molecule has 0 aliphatic heterocycles. The third-order valence-corrected chi connectivity index (χ3v) is 3.95. The van der Waals surface area contributed by atoms with Crippen LogP contribution in [0.4, 0.5) is 0 Å². The minimum Gasteiger partial charge on any atom is -0.496 e. The Morgan fingerprint density at radius 2 is 2.00 bits per heavy atom. The van der Waals surface area contributed by atoms with Gasteiger partial charge in [0, 0.05) is 6.04 Å². The number of hydrogen-bond acceptors (Lipinski definition) is 4. The molecule has 4 heteroatoms. The van der Waals surface area contributed by atoms with E-state index < -0.39 is 6.04 Å². The highest BCUT2D eigenvalue weighted by Crippen LogP contribution is 2.26. The fraction of sp³-hybridized carbons (Fsp3) is 0.562. The van der Waals surface area contributed by atoms with Gasteiger partial charge in [0.25, 0.3) is 0 Å². The number of carbonyl (C=O) groups excluding carboxylic acids is 1. The van der Waals surface area contributed by atoms with E-state index in [2.05, 4.69) is 5.32 Å². The smallest absolute Gasteiger partial charge is 0.327 e. The molecule has 1 aromatic carbocycles. The second kappa shape index (κ2) is 6.75. The van der Waals surface area contributed by atoms with Crippen LogP contribution in [-0.4, -0.2) is 26.2 Å². The zero-order chi connectivity index (χ0) is 14.5. The zero-order valence-corrected chi connectivity index (χ0v) is 12.4. The molecule has 1 fully saturated rings. The van der Waals surface area contributed by atoms with Crippen molar-refractivity contribution in [2.75, 3.05) is 14.2 Å². The summed E-state index contributed by atoms with van der Waals surface area (Å²) in [6.07, 6.45) is 4.71. The lowest BCUT2D eigenvalue weighted by Gasteiger charge is -2.22. The Bertz CT molecular complexity index is 467. The van der Waals surface area contributed by atoms with Gasteiger partial charge in [-0.15, -0.1) is 0 Å². The Hall–Kier alpha value is -1.55. The third kappa shape index (κ3) is 3.31. The summed E-state index contributed by atoms with van der Waals surface area (Å²) in [6.45, 7) is 1.98. The summed E-state index contributed by atoms with van der Waals surface area (Å²) in [7, 11) is 3.08. The van der Waals surface area contributed by atoms with Gasteiger partial charge in [-0.3, -0.25) is 5.32 Å². The van der Waals surface area contributed by atoms with E-state index in [1.165, 1.54) is 20.0 Å². The van der Waals surface area contributed by atoms with E-state index in [1.807, 2.05) is 25.1 Å². The van der Waals surface area contributed by atoms with E-state index in [0.717, 1.165) is 29.7 Å². The van der Waals surface area contributed by atoms with Crippen LogP contribution in [0.3, 0.4) is 0 Å². The van der Waals surface area contributed by atoms with Crippen molar-refractivity contribution >= 4 is 5.97 Å². The predicted octanol–water partition coefficient (Wildman–Crippen LogP) is 2.75. The van der Waals surface area contributed by atoms with E-state index in [9.17, 15) is 4.79 Å². The number of aryl methyl sites for hydroxylation is 1. The predicted molar refractivity (Wildman–Crippen MR) is 77.9 cm³/mol. The van der Waals surface area contributed by atoms with Crippen molar-refractivity contribution in [1.82, 2.24) is 5.32 Å². The summed E-state index contributed by atoms with van der Waals surface area (Å²) in [6, 6.07) is 5.82. The quantitative estimate of drug-likeness (QED) is 0.841. The molecule has 1 saturated carbocycles. The summed E-state index contributed by atoms with van der Waals surface area (Å²) in [4.78, 5) is 12.0. The van der Waals surface area contributed by atoms with Crippen LogP contribution in [0.15, 0.2) is 18.2 Å². The van der Waals surface area contributed by atoms with Crippen molar-refractivity contribution in [2.45, 2.75) is 44.7 Å². The van der Waals surface area contributed by atoms with Crippen LogP contribution in [0.5, 0.6) is 5.75 Å². The molecule has 0 radical (unpaired) electrons. The summed E-state index contributed by atoms with van der Waals surface area (Å²) in [5.74, 6) is 0.597. The Balaban J connectivity index is 2.21. The van der Waals surface area contributed by atoms with Gasteiger partial charge in [-0.1, -0.05) is 25.0 Å². The summed E-state index contributed by atoms with van der Waals surface area (Å²) >= 11 is 0. The monoisotopic (exact) mass is 277 g/mol. The molecule has 2 rings (SSSR count). The maximum atomic E-state index is 12.0. The highest BCUT2D eigenvalue weighted by molar-refractivity contribution is 5.77. The van der Waals surface area contributed by atoms with Gasteiger partial charge >= 0.3 is 5.97 Å². The maximum Gasteiger partial charge on any atom is 0.327 e. The van der Waals surface area contributed by atoms with E-state index in [0.29, 0.717) is 6.04 Å². The molecular weight excluding hydrogens is 254 g/mol. The van der Waals surface area contributed by atoms with Crippen LogP contribution >= 0.6 is 0 Å². The molecule has 1 aromatic rings. The van der Waals surface area contributed by atoms with Gasteiger partial charge in [-0.05, 0) is 37.0 Å². The Kier molecular flexibility index (Phi) is 5.01. The lowest BCUT2D eigenvalue weighted by Crippen LogP contribution is -2.36. The highest BCUT2D eigenvalue weighted by atomic mass is 16.5. The Morgan fingerprint density at radius 1 is 1.30 bits per heavy atom. The fourth-order valence-electron chi connectivity index (χ4n) is 2.83. The van der Waals surface area contributed by atoms with Gasteiger partial charge < -0.3 is 9.47 Å². The number of benzene rings is 1. The van der Waals surface area contributed by atoms with Gasteiger partial charge in [0.1, 0.15) is 11.8 Å². The van der Waals surface area contributed by atoms with Crippen LogP contribution < -0.4 is 10.1 Å². The van der Waals surface area contributed by atoms with E-state index in [1.54, 1.807) is 7.11 Å². The zero-order valence-electron chi connectivity index (χ0n) is 12.4. The maximum absolute atomic E-state index is 12.0. The number of rotatable bonds is 5. The number of esters is 1. The lowest BCUT2D eigenvalue weighted by atomic mass is 10.0. The average Bonchev–Trinajstić information content (AvgIpc) is 2.97. The number of nitrogens with one attached hydrogen (secondary N) is 1. The van der Waals surface area contributed by atoms with E-state index >= 15 is 0 Å². The van der Waals surface area contributed by atoms with Crippen molar-refractivity contribution in [1.29, 1.82) is 0 Å². The molecule has 0 aromatic heterocycles. The van der Waals surface area contributed by atoms with Crippen molar-refractivity contribution in [3.05, 3.63) is 29.3 Å². The first-order valence-electron chi connectivity index (χ1n) is 7.14. The SMILES string of the molecule is COC(=O)C(NC1CCCC1)c1ccc(OC)c(C)c1. The van der Waals surface area contributed by atoms with Crippen LogP contribution in [0.25, 0.3) is 0 Å². The number of hydrogen-bond donors (Lipinski definition) is 1. The molecule has 1 atom stereocenters. The summed E-state index contributed by atoms with van der Waals surface area (Å²) in [5.41, 5.74) is 1.95. The van der Waals surface area contributed by atoms with Crippen molar-refractivity contribution < 1.29 is 14.3 Å². The van der Waals surface area contributed by atoms with Crippen molar-refractivity contribution in [3.63, 3.8) is 0 Å². The Morgan fingerprint density at radius 3 is 2.55 bits per heavy atom. The largest absolute Gasteiger partial charge is 0.496 e. The van der Waals surface area contributed by atoms with Gasteiger partial charge in [-0.25, -0.2) is 4.79 Å². The molecule has 0 saturated heterocycles. The average molecular weight is 277 g/mol. The van der Waals surface area contributed by atoms with Gasteiger partial charge in [-0.2, -0.15) is 0 Å². The number of carbonyl (C=O) groups is 1. The van der Waals surface area contributed by atoms with Gasteiger partial charge in [0.15, 0.2) is 0 Å². The molecule has 110 valence electrons. The summed E-state index contributed by atoms with van der Waals surface area (Å²) in [5, 5.41) is 3.43. The molecule has 1 aliphatic carbocycles. The number of methoxy groups -OCH3 is 2.